The minimum atomic E-state index is 0.712. The van der Waals surface area contributed by atoms with Gasteiger partial charge in [-0.2, -0.15) is 0 Å². The number of halogens is 1. The lowest BCUT2D eigenvalue weighted by Gasteiger charge is -2.51. The molecule has 1 aromatic carbocycles. The molecule has 2 rings (SSSR count). The summed E-state index contributed by atoms with van der Waals surface area (Å²) in [6, 6.07) is 9.61. The van der Waals surface area contributed by atoms with Crippen LogP contribution in [0, 0.1) is 11.8 Å². The van der Waals surface area contributed by atoms with Crippen LogP contribution >= 0.6 is 15.9 Å². The van der Waals surface area contributed by atoms with Gasteiger partial charge in [0.15, 0.2) is 0 Å². The Labute approximate surface area is 119 Å². The van der Waals surface area contributed by atoms with E-state index in [1.807, 2.05) is 0 Å². The third-order valence-electron chi connectivity index (χ3n) is 4.41. The van der Waals surface area contributed by atoms with E-state index in [4.69, 9.17) is 0 Å². The first-order valence-electron chi connectivity index (χ1n) is 7.17. The van der Waals surface area contributed by atoms with Gasteiger partial charge in [0.25, 0.3) is 0 Å². The molecule has 0 heterocycles. The van der Waals surface area contributed by atoms with E-state index in [1.165, 1.54) is 22.9 Å². The Bertz CT molecular complexity index is 373. The second-order valence-corrected chi connectivity index (χ2v) is 6.40. The molecule has 1 aliphatic rings. The van der Waals surface area contributed by atoms with Crippen LogP contribution in [0.4, 0.5) is 0 Å². The molecule has 4 atom stereocenters. The molecule has 1 N–H and O–H groups in total. The van der Waals surface area contributed by atoms with Crippen LogP contribution in [0.1, 0.15) is 45.1 Å². The van der Waals surface area contributed by atoms with E-state index in [0.717, 1.165) is 24.3 Å². The fourth-order valence-electron chi connectivity index (χ4n) is 3.47. The van der Waals surface area contributed by atoms with Crippen molar-refractivity contribution in [2.45, 2.75) is 45.6 Å². The lowest BCUT2D eigenvalue weighted by atomic mass is 9.58. The van der Waals surface area contributed by atoms with Crippen molar-refractivity contribution in [3.63, 3.8) is 0 Å². The highest BCUT2D eigenvalue weighted by Gasteiger charge is 2.46. The molecule has 2 heteroatoms. The summed E-state index contributed by atoms with van der Waals surface area (Å²) in [5, 5.41) is 3.72. The van der Waals surface area contributed by atoms with E-state index in [9.17, 15) is 0 Å². The van der Waals surface area contributed by atoms with Crippen molar-refractivity contribution in [1.82, 2.24) is 5.32 Å². The Morgan fingerprint density at radius 2 is 1.83 bits per heavy atom. The maximum Gasteiger partial charge on any atom is 0.0175 e. The average Bonchev–Trinajstić information content (AvgIpc) is 2.38. The Morgan fingerprint density at radius 3 is 2.39 bits per heavy atom. The minimum absolute atomic E-state index is 0.712. The largest absolute Gasteiger partial charge is 0.313 e. The third-order valence-corrected chi connectivity index (χ3v) is 4.94. The van der Waals surface area contributed by atoms with Gasteiger partial charge in [0, 0.05) is 10.5 Å². The Morgan fingerprint density at radius 1 is 1.17 bits per heavy atom. The van der Waals surface area contributed by atoms with Crippen LogP contribution in [0.3, 0.4) is 0 Å². The molecule has 0 radical (unpaired) electrons. The second-order valence-electron chi connectivity index (χ2n) is 5.49. The van der Waals surface area contributed by atoms with E-state index in [2.05, 4.69) is 66.3 Å². The Hall–Kier alpha value is -0.340. The molecule has 0 spiro atoms. The van der Waals surface area contributed by atoms with Gasteiger partial charge in [0.1, 0.15) is 0 Å². The monoisotopic (exact) mass is 309 g/mol. The van der Waals surface area contributed by atoms with E-state index < -0.39 is 0 Å². The zero-order valence-corrected chi connectivity index (χ0v) is 13.2. The molecular weight excluding hydrogens is 286 g/mol. The van der Waals surface area contributed by atoms with Crippen molar-refractivity contribution in [3.8, 4) is 0 Å². The van der Waals surface area contributed by atoms with Crippen molar-refractivity contribution in [1.29, 1.82) is 0 Å². The van der Waals surface area contributed by atoms with Crippen LogP contribution < -0.4 is 5.32 Å². The van der Waals surface area contributed by atoms with Crippen LogP contribution in [-0.2, 0) is 0 Å². The van der Waals surface area contributed by atoms with Gasteiger partial charge in [0.2, 0.25) is 0 Å². The summed E-state index contributed by atoms with van der Waals surface area (Å²) < 4.78 is 1.17. The highest BCUT2D eigenvalue weighted by molar-refractivity contribution is 9.10. The number of hydrogen-bond donors (Lipinski definition) is 1. The Kier molecular flexibility index (Phi) is 4.85. The molecular formula is C16H24BrN. The molecule has 0 bridgehead atoms. The summed E-state index contributed by atoms with van der Waals surface area (Å²) in [5.74, 6) is 2.29. The van der Waals surface area contributed by atoms with Gasteiger partial charge in [-0.05, 0) is 48.4 Å². The van der Waals surface area contributed by atoms with Crippen molar-refractivity contribution in [3.05, 3.63) is 34.3 Å². The van der Waals surface area contributed by atoms with Crippen LogP contribution in [0.15, 0.2) is 28.7 Å². The third kappa shape index (κ3) is 2.65. The van der Waals surface area contributed by atoms with E-state index >= 15 is 0 Å². The smallest absolute Gasteiger partial charge is 0.0175 e. The van der Waals surface area contributed by atoms with Crippen LogP contribution in [0.2, 0.25) is 0 Å². The van der Waals surface area contributed by atoms with Gasteiger partial charge >= 0.3 is 0 Å². The molecule has 1 saturated carbocycles. The number of nitrogens with one attached hydrogen (secondary N) is 1. The van der Waals surface area contributed by atoms with Crippen molar-refractivity contribution in [2.24, 2.45) is 11.8 Å². The quantitative estimate of drug-likeness (QED) is 0.839. The first-order chi connectivity index (χ1) is 8.69. The molecule has 0 amide bonds. The zero-order valence-electron chi connectivity index (χ0n) is 11.6. The van der Waals surface area contributed by atoms with E-state index in [1.54, 1.807) is 0 Å². The maximum absolute atomic E-state index is 3.72. The van der Waals surface area contributed by atoms with E-state index in [0.29, 0.717) is 6.04 Å². The molecule has 1 aromatic rings. The van der Waals surface area contributed by atoms with Gasteiger partial charge < -0.3 is 5.32 Å². The lowest BCUT2D eigenvalue weighted by molar-refractivity contribution is 0.0787. The highest BCUT2D eigenvalue weighted by Crippen LogP contribution is 2.49. The molecule has 4 unspecified atom stereocenters. The second kappa shape index (κ2) is 6.21. The van der Waals surface area contributed by atoms with Gasteiger partial charge in [-0.15, -0.1) is 0 Å². The zero-order chi connectivity index (χ0) is 13.1. The topological polar surface area (TPSA) is 12.0 Å². The number of benzene rings is 1. The van der Waals surface area contributed by atoms with Gasteiger partial charge in [-0.3, -0.25) is 0 Å². The van der Waals surface area contributed by atoms with Crippen molar-refractivity contribution >= 4 is 15.9 Å². The first kappa shape index (κ1) is 14.1. The normalized spacial score (nSPS) is 31.1. The fourth-order valence-corrected chi connectivity index (χ4v) is 3.74. The summed E-state index contributed by atoms with van der Waals surface area (Å²) in [4.78, 5) is 0. The van der Waals surface area contributed by atoms with Crippen molar-refractivity contribution < 1.29 is 0 Å². The van der Waals surface area contributed by atoms with Gasteiger partial charge in [0.05, 0.1) is 0 Å². The van der Waals surface area contributed by atoms with Crippen molar-refractivity contribution in [2.75, 3.05) is 6.54 Å². The van der Waals surface area contributed by atoms with E-state index in [-0.39, 0.29) is 0 Å². The fraction of sp³-hybridized carbons (Fsp3) is 0.625. The van der Waals surface area contributed by atoms with Gasteiger partial charge in [-0.1, -0.05) is 55.3 Å². The molecule has 1 fully saturated rings. The molecule has 0 saturated heterocycles. The summed E-state index contributed by atoms with van der Waals surface area (Å²) in [7, 11) is 0. The molecule has 18 heavy (non-hydrogen) atoms. The maximum atomic E-state index is 3.72. The molecule has 1 aliphatic carbocycles. The predicted octanol–water partition coefficient (Wildman–Crippen LogP) is 4.58. The highest BCUT2D eigenvalue weighted by atomic mass is 79.9. The molecule has 0 aliphatic heterocycles. The summed E-state index contributed by atoms with van der Waals surface area (Å²) >= 11 is 3.52. The molecule has 0 aromatic heterocycles. The van der Waals surface area contributed by atoms with Crippen LogP contribution in [0.5, 0.6) is 0 Å². The number of rotatable bonds is 5. The van der Waals surface area contributed by atoms with Crippen LogP contribution in [-0.4, -0.2) is 12.6 Å². The average molecular weight is 310 g/mol. The molecule has 1 nitrogen and oxygen atoms in total. The lowest BCUT2D eigenvalue weighted by Crippen LogP contribution is -2.56. The summed E-state index contributed by atoms with van der Waals surface area (Å²) in [5.41, 5.74) is 1.51. The standard InChI is InChI=1S/C16H24BrN/c1-4-10-18-16-11(3)15(14(16)5-2)12-6-8-13(17)9-7-12/h6-9,11,14-16,18H,4-5,10H2,1-3H3. The number of hydrogen-bond acceptors (Lipinski definition) is 1. The SMILES string of the molecule is CCCNC1C(C)C(c2ccc(Br)cc2)C1CC. The molecule has 100 valence electrons. The summed E-state index contributed by atoms with van der Waals surface area (Å²) in [6.45, 7) is 8.11. The predicted molar refractivity (Wildman–Crippen MR) is 81.9 cm³/mol. The Balaban J connectivity index is 2.07. The first-order valence-corrected chi connectivity index (χ1v) is 7.97. The summed E-state index contributed by atoms with van der Waals surface area (Å²) in [6.07, 6.45) is 2.50. The van der Waals surface area contributed by atoms with Crippen LogP contribution in [0.25, 0.3) is 0 Å². The minimum Gasteiger partial charge on any atom is -0.313 e. The van der Waals surface area contributed by atoms with Gasteiger partial charge in [-0.25, -0.2) is 0 Å².